The molecule has 3 heteroatoms. The summed E-state index contributed by atoms with van der Waals surface area (Å²) in [5, 5.41) is 17.1. The Kier molecular flexibility index (Phi) is 3.47. The molecule has 0 amide bonds. The molecule has 0 aliphatic rings. The van der Waals surface area contributed by atoms with E-state index in [4.69, 9.17) is 10.2 Å². The Morgan fingerprint density at radius 2 is 1.83 bits per heavy atom. The fourth-order valence-corrected chi connectivity index (χ4v) is 1.71. The van der Waals surface area contributed by atoms with Crippen LogP contribution >= 0.6 is 10.5 Å². The minimum absolute atomic E-state index is 0.445. The maximum atomic E-state index is 8.77. The Bertz CT molecular complexity index is 276. The van der Waals surface area contributed by atoms with Crippen LogP contribution in [0.1, 0.15) is 5.56 Å². The second-order valence-corrected chi connectivity index (χ2v) is 4.48. The van der Waals surface area contributed by atoms with Crippen LogP contribution in [-0.2, 0) is 5.75 Å². The monoisotopic (exact) mass is 184 g/mol. The molecule has 0 fully saturated rings. The third-order valence-electron chi connectivity index (χ3n) is 1.54. The predicted octanol–water partition coefficient (Wildman–Crippen LogP) is 2.29. The highest BCUT2D eigenvalue weighted by atomic mass is 32.2. The molecule has 1 aromatic carbocycles. The van der Waals surface area contributed by atoms with Crippen LogP contribution in [0.5, 0.6) is 0 Å². The summed E-state index contributed by atoms with van der Waals surface area (Å²) in [6, 6.07) is 9.79. The van der Waals surface area contributed by atoms with Crippen molar-refractivity contribution in [3.8, 4) is 0 Å². The van der Waals surface area contributed by atoms with Crippen LogP contribution in [0.4, 0.5) is 0 Å². The highest BCUT2D eigenvalue weighted by Crippen LogP contribution is 2.16. The van der Waals surface area contributed by atoms with E-state index in [1.807, 2.05) is 36.6 Å². The lowest BCUT2D eigenvalue weighted by Crippen LogP contribution is -1.94. The van der Waals surface area contributed by atoms with Gasteiger partial charge < -0.3 is 10.2 Å². The minimum Gasteiger partial charge on any atom is -0.337 e. The van der Waals surface area contributed by atoms with Gasteiger partial charge in [0.25, 0.3) is 0 Å². The number of aliphatic hydroxyl groups is 2. The number of hydrogen-bond acceptors (Lipinski definition) is 0. The van der Waals surface area contributed by atoms with Gasteiger partial charge in [-0.1, -0.05) is 30.3 Å². The van der Waals surface area contributed by atoms with E-state index in [1.165, 1.54) is 0 Å². The molecule has 1 atom stereocenters. The van der Waals surface area contributed by atoms with Crippen molar-refractivity contribution in [1.29, 1.82) is 0 Å². The average molecular weight is 184 g/mol. The van der Waals surface area contributed by atoms with E-state index in [2.05, 4.69) is 0 Å². The summed E-state index contributed by atoms with van der Waals surface area (Å²) < 4.78 is 0. The summed E-state index contributed by atoms with van der Waals surface area (Å²) in [6.07, 6.45) is 1.81. The highest BCUT2D eigenvalue weighted by Gasteiger charge is 1.95. The van der Waals surface area contributed by atoms with Gasteiger partial charge in [-0.15, -0.1) is 10.5 Å². The Morgan fingerprint density at radius 3 is 2.33 bits per heavy atom. The van der Waals surface area contributed by atoms with Crippen molar-refractivity contribution in [3.05, 3.63) is 35.9 Å². The molecule has 1 rings (SSSR count). The standard InChI is InChI=1S/C9H12O2S/c1-12(9(10)11)7-8-5-3-2-4-6-8/h2-6,10-11H,7H2,1H3. The largest absolute Gasteiger partial charge is 0.337 e. The van der Waals surface area contributed by atoms with Crippen LogP contribution < -0.4 is 0 Å². The van der Waals surface area contributed by atoms with Gasteiger partial charge >= 0.3 is 0 Å². The molecule has 1 unspecified atom stereocenters. The predicted molar refractivity (Wildman–Crippen MR) is 53.9 cm³/mol. The first kappa shape index (κ1) is 9.45. The van der Waals surface area contributed by atoms with Crippen LogP contribution in [0.25, 0.3) is 0 Å². The zero-order valence-corrected chi connectivity index (χ0v) is 7.71. The lowest BCUT2D eigenvalue weighted by atomic mass is 10.2. The molecule has 0 spiro atoms. The number of aliphatic hydroxyl groups excluding tert-OH is 1. The molecule has 1 aromatic rings. The molecule has 0 aromatic heterocycles. The molecular formula is C9H12O2S. The van der Waals surface area contributed by atoms with Crippen LogP contribution in [0.15, 0.2) is 30.3 Å². The topological polar surface area (TPSA) is 40.5 Å². The fraction of sp³-hybridized carbons (Fsp3) is 0.222. The van der Waals surface area contributed by atoms with E-state index < -0.39 is 15.7 Å². The molecular weight excluding hydrogens is 172 g/mol. The Labute approximate surface area is 74.4 Å². The van der Waals surface area contributed by atoms with Gasteiger partial charge in [-0.3, -0.25) is 0 Å². The molecule has 0 saturated heterocycles. The van der Waals surface area contributed by atoms with Crippen molar-refractivity contribution in [2.75, 3.05) is 6.26 Å². The van der Waals surface area contributed by atoms with Crippen LogP contribution in [0.2, 0.25) is 0 Å². The van der Waals surface area contributed by atoms with Gasteiger partial charge in [-0.25, -0.2) is 0 Å². The summed E-state index contributed by atoms with van der Waals surface area (Å²) in [5.41, 5.74) is 1.13. The van der Waals surface area contributed by atoms with Gasteiger partial charge in [0.1, 0.15) is 0 Å². The van der Waals surface area contributed by atoms with Gasteiger partial charge in [0.2, 0.25) is 5.24 Å². The molecule has 0 bridgehead atoms. The lowest BCUT2D eigenvalue weighted by Gasteiger charge is -2.02. The van der Waals surface area contributed by atoms with Crippen molar-refractivity contribution in [2.45, 2.75) is 5.75 Å². The molecule has 0 saturated carbocycles. The number of benzene rings is 1. The SMILES string of the molecule is CS(Cc1ccccc1)=C(O)O. The normalized spacial score (nSPS) is 12.6. The molecule has 2 nitrogen and oxygen atoms in total. The first-order valence-electron chi connectivity index (χ1n) is 3.61. The fourth-order valence-electron chi connectivity index (χ4n) is 0.889. The van der Waals surface area contributed by atoms with E-state index in [0.717, 1.165) is 5.56 Å². The molecule has 12 heavy (non-hydrogen) atoms. The quantitative estimate of drug-likeness (QED) is 0.692. The second kappa shape index (κ2) is 4.40. The smallest absolute Gasteiger partial charge is 0.205 e. The van der Waals surface area contributed by atoms with Gasteiger partial charge in [-0.05, 0) is 11.8 Å². The zero-order valence-electron chi connectivity index (χ0n) is 6.90. The molecule has 2 N–H and O–H groups in total. The maximum absolute atomic E-state index is 8.77. The van der Waals surface area contributed by atoms with Crippen LogP contribution in [0, 0.1) is 0 Å². The van der Waals surface area contributed by atoms with Crippen molar-refractivity contribution in [3.63, 3.8) is 0 Å². The Morgan fingerprint density at radius 1 is 1.25 bits per heavy atom. The summed E-state index contributed by atoms with van der Waals surface area (Å²) >= 11 is 0. The van der Waals surface area contributed by atoms with Crippen LogP contribution in [0.3, 0.4) is 0 Å². The summed E-state index contributed by atoms with van der Waals surface area (Å²) in [6.45, 7) is 0. The van der Waals surface area contributed by atoms with E-state index in [0.29, 0.717) is 5.75 Å². The van der Waals surface area contributed by atoms with E-state index in [-0.39, 0.29) is 0 Å². The zero-order chi connectivity index (χ0) is 8.97. The first-order valence-corrected chi connectivity index (χ1v) is 5.41. The summed E-state index contributed by atoms with van der Waals surface area (Å²) in [5.74, 6) is 0.698. The third-order valence-corrected chi connectivity index (χ3v) is 2.93. The van der Waals surface area contributed by atoms with E-state index in [9.17, 15) is 0 Å². The number of hydrogen-bond donors (Lipinski definition) is 2. The molecule has 0 radical (unpaired) electrons. The van der Waals surface area contributed by atoms with Gasteiger partial charge in [0.15, 0.2) is 0 Å². The van der Waals surface area contributed by atoms with E-state index in [1.54, 1.807) is 0 Å². The average Bonchev–Trinajstić information content (AvgIpc) is 2.06. The van der Waals surface area contributed by atoms with E-state index >= 15 is 0 Å². The lowest BCUT2D eigenvalue weighted by molar-refractivity contribution is 0.384. The van der Waals surface area contributed by atoms with Gasteiger partial charge in [-0.2, -0.15) is 0 Å². The van der Waals surface area contributed by atoms with Crippen molar-refractivity contribution in [1.82, 2.24) is 0 Å². The molecule has 66 valence electrons. The van der Waals surface area contributed by atoms with Gasteiger partial charge in [0.05, 0.1) is 0 Å². The molecule has 0 aliphatic carbocycles. The Hall–Kier alpha value is -0.640. The van der Waals surface area contributed by atoms with Crippen molar-refractivity contribution in [2.24, 2.45) is 0 Å². The first-order chi connectivity index (χ1) is 5.70. The maximum Gasteiger partial charge on any atom is 0.205 e. The molecule has 0 aliphatic heterocycles. The van der Waals surface area contributed by atoms with Crippen LogP contribution in [-0.4, -0.2) is 21.7 Å². The summed E-state index contributed by atoms with van der Waals surface area (Å²) in [7, 11) is -0.445. The Balaban J connectivity index is 2.72. The molecule has 0 heterocycles. The summed E-state index contributed by atoms with van der Waals surface area (Å²) in [4.78, 5) is 0. The van der Waals surface area contributed by atoms with Gasteiger partial charge in [0, 0.05) is 5.75 Å². The third kappa shape index (κ3) is 2.77. The van der Waals surface area contributed by atoms with Crippen molar-refractivity contribution < 1.29 is 10.2 Å². The minimum atomic E-state index is -0.459. The van der Waals surface area contributed by atoms with Crippen molar-refractivity contribution >= 4 is 15.7 Å². The number of rotatable bonds is 2. The highest BCUT2D eigenvalue weighted by molar-refractivity contribution is 8.14. The second-order valence-electron chi connectivity index (χ2n) is 2.55.